The maximum atomic E-state index is 11.9. The molecule has 2 heterocycles. The highest BCUT2D eigenvalue weighted by Crippen LogP contribution is 2.25. The molecule has 0 unspecified atom stereocenters. The Balaban J connectivity index is 1.55. The van der Waals surface area contributed by atoms with Crippen molar-refractivity contribution in [1.29, 1.82) is 0 Å². The van der Waals surface area contributed by atoms with E-state index >= 15 is 0 Å². The fourth-order valence-electron chi connectivity index (χ4n) is 2.13. The normalized spacial score (nSPS) is 10.4. The Morgan fingerprint density at radius 3 is 2.64 bits per heavy atom. The van der Waals surface area contributed by atoms with Crippen molar-refractivity contribution in [1.82, 2.24) is 4.98 Å². The molecule has 7 heteroatoms. The fourth-order valence-corrected chi connectivity index (χ4v) is 3.48. The van der Waals surface area contributed by atoms with E-state index < -0.39 is 11.9 Å². The molecule has 0 radical (unpaired) electrons. The largest absolute Gasteiger partial charge is 0.451 e. The first-order valence-corrected chi connectivity index (χ1v) is 9.47. The van der Waals surface area contributed by atoms with Crippen LogP contribution in [0.2, 0.25) is 0 Å². The van der Waals surface area contributed by atoms with Crippen molar-refractivity contribution in [3.63, 3.8) is 0 Å². The number of thiophene rings is 1. The average molecular weight is 372 g/mol. The van der Waals surface area contributed by atoms with Gasteiger partial charge in [0.05, 0.1) is 5.69 Å². The second-order valence-electron chi connectivity index (χ2n) is 5.19. The van der Waals surface area contributed by atoms with E-state index in [4.69, 9.17) is 4.74 Å². The molecule has 128 valence electrons. The number of nitrogens with one attached hydrogen (secondary N) is 1. The van der Waals surface area contributed by atoms with Crippen LogP contribution >= 0.6 is 22.7 Å². The summed E-state index contributed by atoms with van der Waals surface area (Å²) in [5, 5.41) is 6.79. The molecule has 3 rings (SSSR count). The first-order valence-electron chi connectivity index (χ1n) is 7.71. The van der Waals surface area contributed by atoms with Gasteiger partial charge in [-0.3, -0.25) is 10.1 Å². The zero-order chi connectivity index (χ0) is 17.6. The molecule has 2 aromatic heterocycles. The number of carbonyl (C=O) groups excluding carboxylic acids is 2. The Hall–Kier alpha value is -2.51. The van der Waals surface area contributed by atoms with E-state index in [1.165, 1.54) is 28.2 Å². The minimum Gasteiger partial charge on any atom is -0.451 e. The van der Waals surface area contributed by atoms with Crippen molar-refractivity contribution < 1.29 is 14.3 Å². The molecule has 0 spiro atoms. The zero-order valence-corrected chi connectivity index (χ0v) is 15.2. The number of ether oxygens (including phenoxy) is 1. The number of rotatable bonds is 6. The van der Waals surface area contributed by atoms with Gasteiger partial charge < -0.3 is 4.74 Å². The molecule has 0 atom stereocenters. The van der Waals surface area contributed by atoms with Gasteiger partial charge in [-0.2, -0.15) is 0 Å². The Labute approximate surface area is 153 Å². The van der Waals surface area contributed by atoms with Crippen molar-refractivity contribution in [2.24, 2.45) is 0 Å². The smallest absolute Gasteiger partial charge is 0.348 e. The lowest BCUT2D eigenvalue weighted by Crippen LogP contribution is -2.20. The number of amides is 1. The SMILES string of the molecule is CCc1ccc(-c2csc(NC(=O)COC(=O)c3cccs3)n2)cc1. The van der Waals surface area contributed by atoms with E-state index in [1.807, 2.05) is 17.5 Å². The monoisotopic (exact) mass is 372 g/mol. The van der Waals surface area contributed by atoms with Crippen LogP contribution in [-0.4, -0.2) is 23.5 Å². The van der Waals surface area contributed by atoms with Crippen LogP contribution in [0.15, 0.2) is 47.2 Å². The van der Waals surface area contributed by atoms with Gasteiger partial charge in [0, 0.05) is 10.9 Å². The Morgan fingerprint density at radius 1 is 1.16 bits per heavy atom. The molecule has 3 aromatic rings. The van der Waals surface area contributed by atoms with Gasteiger partial charge in [-0.1, -0.05) is 37.3 Å². The molecule has 1 aromatic carbocycles. The molecule has 0 aliphatic carbocycles. The summed E-state index contributed by atoms with van der Waals surface area (Å²) < 4.78 is 4.97. The highest BCUT2D eigenvalue weighted by atomic mass is 32.1. The molecule has 5 nitrogen and oxygen atoms in total. The number of anilines is 1. The van der Waals surface area contributed by atoms with Gasteiger partial charge in [0.2, 0.25) is 0 Å². The lowest BCUT2D eigenvalue weighted by Gasteiger charge is -2.03. The number of aromatic nitrogens is 1. The predicted octanol–water partition coefficient (Wildman–Crippen LogP) is 4.23. The molecule has 0 aliphatic heterocycles. The number of hydrogen-bond donors (Lipinski definition) is 1. The number of carbonyl (C=O) groups is 2. The first-order chi connectivity index (χ1) is 12.2. The van der Waals surface area contributed by atoms with Gasteiger partial charge >= 0.3 is 5.97 Å². The number of benzene rings is 1. The van der Waals surface area contributed by atoms with Crippen LogP contribution in [-0.2, 0) is 16.0 Å². The summed E-state index contributed by atoms with van der Waals surface area (Å²) in [7, 11) is 0. The fraction of sp³-hybridized carbons (Fsp3) is 0.167. The molecule has 25 heavy (non-hydrogen) atoms. The van der Waals surface area contributed by atoms with Crippen LogP contribution < -0.4 is 5.32 Å². The Morgan fingerprint density at radius 2 is 1.96 bits per heavy atom. The maximum Gasteiger partial charge on any atom is 0.348 e. The topological polar surface area (TPSA) is 68.3 Å². The molecule has 0 fully saturated rings. The summed E-state index contributed by atoms with van der Waals surface area (Å²) in [5.74, 6) is -0.909. The molecule has 0 saturated heterocycles. The van der Waals surface area contributed by atoms with E-state index in [0.29, 0.717) is 10.0 Å². The summed E-state index contributed by atoms with van der Waals surface area (Å²) in [5.41, 5.74) is 3.07. The van der Waals surface area contributed by atoms with Crippen LogP contribution in [0, 0.1) is 0 Å². The van der Waals surface area contributed by atoms with Gasteiger partial charge in [-0.05, 0) is 23.4 Å². The Bertz CT molecular complexity index is 855. The number of nitrogens with zero attached hydrogens (tertiary/aromatic N) is 1. The van der Waals surface area contributed by atoms with E-state index in [0.717, 1.165) is 17.7 Å². The summed E-state index contributed by atoms with van der Waals surface area (Å²) in [6, 6.07) is 11.6. The number of hydrogen-bond acceptors (Lipinski definition) is 6. The second kappa shape index (κ2) is 8.04. The predicted molar refractivity (Wildman–Crippen MR) is 100 cm³/mol. The minimum absolute atomic E-state index is 0.336. The molecule has 1 N–H and O–H groups in total. The van der Waals surface area contributed by atoms with Crippen molar-refractivity contribution in [3.05, 3.63) is 57.6 Å². The van der Waals surface area contributed by atoms with Crippen molar-refractivity contribution >= 4 is 39.7 Å². The van der Waals surface area contributed by atoms with Gasteiger partial charge in [0.15, 0.2) is 11.7 Å². The highest BCUT2D eigenvalue weighted by Gasteiger charge is 2.12. The third-order valence-corrected chi connectivity index (χ3v) is 5.07. The summed E-state index contributed by atoms with van der Waals surface area (Å²) in [4.78, 5) is 28.5. The van der Waals surface area contributed by atoms with Crippen LogP contribution in [0.1, 0.15) is 22.2 Å². The van der Waals surface area contributed by atoms with Crippen LogP contribution in [0.25, 0.3) is 11.3 Å². The molecule has 0 bridgehead atoms. The number of aryl methyl sites for hydroxylation is 1. The first kappa shape index (κ1) is 17.3. The van der Waals surface area contributed by atoms with E-state index in [9.17, 15) is 9.59 Å². The summed E-state index contributed by atoms with van der Waals surface area (Å²) >= 11 is 2.61. The van der Waals surface area contributed by atoms with Crippen molar-refractivity contribution in [3.8, 4) is 11.3 Å². The molecule has 0 saturated carbocycles. The second-order valence-corrected chi connectivity index (χ2v) is 7.00. The lowest BCUT2D eigenvalue weighted by atomic mass is 10.1. The molecular formula is C18H16N2O3S2. The van der Waals surface area contributed by atoms with Gasteiger partial charge in [-0.25, -0.2) is 9.78 Å². The lowest BCUT2D eigenvalue weighted by molar-refractivity contribution is -0.119. The van der Waals surface area contributed by atoms with Crippen LogP contribution in [0.3, 0.4) is 0 Å². The van der Waals surface area contributed by atoms with Crippen molar-refractivity contribution in [2.45, 2.75) is 13.3 Å². The standard InChI is InChI=1S/C18H16N2O3S2/c1-2-12-5-7-13(8-6-12)14-11-25-18(19-14)20-16(21)10-23-17(22)15-4-3-9-24-15/h3-9,11H,2,10H2,1H3,(H,19,20,21). The maximum absolute atomic E-state index is 11.9. The summed E-state index contributed by atoms with van der Waals surface area (Å²) in [6.45, 7) is 1.77. The van der Waals surface area contributed by atoms with Gasteiger partial charge in [0.25, 0.3) is 5.91 Å². The third kappa shape index (κ3) is 4.52. The highest BCUT2D eigenvalue weighted by molar-refractivity contribution is 7.14. The summed E-state index contributed by atoms with van der Waals surface area (Å²) in [6.07, 6.45) is 0.989. The Kier molecular flexibility index (Phi) is 5.57. The van der Waals surface area contributed by atoms with E-state index in [-0.39, 0.29) is 6.61 Å². The van der Waals surface area contributed by atoms with E-state index in [2.05, 4.69) is 29.4 Å². The van der Waals surface area contributed by atoms with Gasteiger partial charge in [0.1, 0.15) is 4.88 Å². The average Bonchev–Trinajstić information content (AvgIpc) is 3.32. The van der Waals surface area contributed by atoms with Gasteiger partial charge in [-0.15, -0.1) is 22.7 Å². The number of esters is 1. The minimum atomic E-state index is -0.499. The van der Waals surface area contributed by atoms with E-state index in [1.54, 1.807) is 17.5 Å². The van der Waals surface area contributed by atoms with Crippen LogP contribution in [0.5, 0.6) is 0 Å². The molecule has 1 amide bonds. The molecular weight excluding hydrogens is 356 g/mol. The third-order valence-electron chi connectivity index (χ3n) is 3.47. The van der Waals surface area contributed by atoms with Crippen molar-refractivity contribution in [2.75, 3.05) is 11.9 Å². The number of thiazole rings is 1. The quantitative estimate of drug-likeness (QED) is 0.658. The zero-order valence-electron chi connectivity index (χ0n) is 13.5. The van der Waals surface area contributed by atoms with Crippen LogP contribution in [0.4, 0.5) is 5.13 Å². The molecule has 0 aliphatic rings.